The molecule has 0 radical (unpaired) electrons. The molecule has 0 bridgehead atoms. The molecule has 1 aromatic heterocycles. The largest absolute Gasteiger partial charge is 0.497 e. The normalized spacial score (nSPS) is 13.8. The van der Waals surface area contributed by atoms with E-state index in [2.05, 4.69) is 10.00 Å². The summed E-state index contributed by atoms with van der Waals surface area (Å²) in [6, 6.07) is 14.5. The molecule has 0 unspecified atom stereocenters. The number of carbonyl (C=O) groups excluding carboxylic acids is 2. The third-order valence-electron chi connectivity index (χ3n) is 5.55. The van der Waals surface area contributed by atoms with Gasteiger partial charge in [-0.15, -0.1) is 0 Å². The molecular weight excluding hydrogens is 412 g/mol. The van der Waals surface area contributed by atoms with Crippen LogP contribution >= 0.6 is 0 Å². The van der Waals surface area contributed by atoms with E-state index >= 15 is 0 Å². The minimum absolute atomic E-state index is 0.0137. The fourth-order valence-corrected chi connectivity index (χ4v) is 3.74. The van der Waals surface area contributed by atoms with Crippen molar-refractivity contribution in [3.05, 3.63) is 64.6 Å². The number of methoxy groups -OCH3 is 1. The maximum absolute atomic E-state index is 12.6. The Morgan fingerprint density at radius 3 is 2.28 bits per heavy atom. The lowest BCUT2D eigenvalue weighted by Gasteiger charge is -2.36. The number of piperazine rings is 1. The number of fused-ring (bicyclic) bond motifs is 1. The number of aryl methyl sites for hydroxylation is 1. The number of hydrogen-bond acceptors (Lipinski definition) is 7. The molecule has 2 aromatic carbocycles. The van der Waals surface area contributed by atoms with Gasteiger partial charge in [-0.25, -0.2) is 9.48 Å². The summed E-state index contributed by atoms with van der Waals surface area (Å²) in [6.07, 6.45) is 0. The monoisotopic (exact) mass is 436 g/mol. The number of nitrogens with zero attached hydrogens (tertiary/aromatic N) is 4. The average molecular weight is 436 g/mol. The van der Waals surface area contributed by atoms with Crippen LogP contribution in [0.4, 0.5) is 5.69 Å². The number of amides is 1. The molecule has 1 fully saturated rings. The molecule has 1 amide bonds. The second-order valence-electron chi connectivity index (χ2n) is 7.46. The number of rotatable bonds is 5. The minimum Gasteiger partial charge on any atom is -0.497 e. The Hall–Kier alpha value is -3.88. The van der Waals surface area contributed by atoms with Crippen molar-refractivity contribution in [3.63, 3.8) is 0 Å². The Labute approximate surface area is 184 Å². The molecule has 3 aromatic rings. The molecule has 32 heavy (non-hydrogen) atoms. The fraction of sp³-hybridized carbons (Fsp3) is 0.304. The van der Waals surface area contributed by atoms with Gasteiger partial charge in [0.1, 0.15) is 5.75 Å². The van der Waals surface area contributed by atoms with E-state index in [0.29, 0.717) is 37.0 Å². The number of ether oxygens (including phenoxy) is 2. The molecule has 0 spiro atoms. The van der Waals surface area contributed by atoms with Crippen LogP contribution in [-0.2, 0) is 16.6 Å². The summed E-state index contributed by atoms with van der Waals surface area (Å²) in [5.41, 5.74) is 0.778. The van der Waals surface area contributed by atoms with E-state index in [9.17, 15) is 14.4 Å². The molecule has 0 atom stereocenters. The molecule has 0 saturated carbocycles. The van der Waals surface area contributed by atoms with Gasteiger partial charge in [0.05, 0.1) is 12.5 Å². The molecule has 9 nitrogen and oxygen atoms in total. The Morgan fingerprint density at radius 1 is 0.969 bits per heavy atom. The van der Waals surface area contributed by atoms with Crippen LogP contribution in [-0.4, -0.2) is 66.5 Å². The van der Waals surface area contributed by atoms with Crippen LogP contribution in [0.1, 0.15) is 10.5 Å². The zero-order chi connectivity index (χ0) is 22.7. The third kappa shape index (κ3) is 4.27. The maximum atomic E-state index is 12.6. The molecule has 1 aliphatic rings. The van der Waals surface area contributed by atoms with Gasteiger partial charge in [-0.1, -0.05) is 18.2 Å². The van der Waals surface area contributed by atoms with Crippen molar-refractivity contribution < 1.29 is 19.1 Å². The first kappa shape index (κ1) is 21.4. The zero-order valence-corrected chi connectivity index (χ0v) is 18.0. The van der Waals surface area contributed by atoms with E-state index in [1.165, 1.54) is 7.05 Å². The van der Waals surface area contributed by atoms with Crippen LogP contribution in [0.2, 0.25) is 0 Å². The van der Waals surface area contributed by atoms with Crippen LogP contribution in [0.5, 0.6) is 5.75 Å². The molecule has 166 valence electrons. The highest BCUT2D eigenvalue weighted by Crippen LogP contribution is 2.20. The van der Waals surface area contributed by atoms with Crippen molar-refractivity contribution >= 4 is 28.3 Å². The predicted molar refractivity (Wildman–Crippen MR) is 119 cm³/mol. The zero-order valence-electron chi connectivity index (χ0n) is 18.0. The van der Waals surface area contributed by atoms with Crippen LogP contribution < -0.4 is 15.2 Å². The van der Waals surface area contributed by atoms with E-state index in [1.54, 1.807) is 36.3 Å². The first-order valence-corrected chi connectivity index (χ1v) is 10.3. The van der Waals surface area contributed by atoms with Crippen molar-refractivity contribution in [1.29, 1.82) is 0 Å². The molecular formula is C23H24N4O5. The second kappa shape index (κ2) is 9.09. The van der Waals surface area contributed by atoms with E-state index < -0.39 is 5.97 Å². The summed E-state index contributed by atoms with van der Waals surface area (Å²) >= 11 is 0. The molecule has 9 heteroatoms. The highest BCUT2D eigenvalue weighted by Gasteiger charge is 2.24. The van der Waals surface area contributed by atoms with Crippen LogP contribution in [0.15, 0.2) is 53.3 Å². The second-order valence-corrected chi connectivity index (χ2v) is 7.46. The van der Waals surface area contributed by atoms with Gasteiger partial charge in [-0.2, -0.15) is 5.10 Å². The maximum Gasteiger partial charge on any atom is 0.359 e. The van der Waals surface area contributed by atoms with E-state index in [1.807, 2.05) is 24.3 Å². The van der Waals surface area contributed by atoms with Crippen LogP contribution in [0.25, 0.3) is 10.8 Å². The van der Waals surface area contributed by atoms with Gasteiger partial charge in [-0.05, 0) is 30.3 Å². The fourth-order valence-electron chi connectivity index (χ4n) is 3.74. The summed E-state index contributed by atoms with van der Waals surface area (Å²) in [5, 5.41) is 4.81. The predicted octanol–water partition coefficient (Wildman–Crippen LogP) is 1.45. The van der Waals surface area contributed by atoms with E-state index in [0.717, 1.165) is 16.1 Å². The Bertz CT molecular complexity index is 1200. The SMILES string of the molecule is COc1ccc(N2CCN(C(=O)COC(=O)c3nn(C)c(=O)c4ccccc34)CC2)cc1. The lowest BCUT2D eigenvalue weighted by Crippen LogP contribution is -2.49. The first-order valence-electron chi connectivity index (χ1n) is 10.3. The minimum atomic E-state index is -0.734. The first-order chi connectivity index (χ1) is 15.5. The summed E-state index contributed by atoms with van der Waals surface area (Å²) in [4.78, 5) is 41.3. The van der Waals surface area contributed by atoms with Crippen molar-refractivity contribution in [2.75, 3.05) is 44.8 Å². The van der Waals surface area contributed by atoms with Gasteiger partial charge >= 0.3 is 5.97 Å². The lowest BCUT2D eigenvalue weighted by atomic mass is 10.1. The van der Waals surface area contributed by atoms with Gasteiger partial charge in [0, 0.05) is 44.3 Å². The topological polar surface area (TPSA) is 94.0 Å². The highest BCUT2D eigenvalue weighted by molar-refractivity contribution is 6.02. The Morgan fingerprint density at radius 2 is 1.62 bits per heavy atom. The van der Waals surface area contributed by atoms with Gasteiger partial charge < -0.3 is 19.3 Å². The van der Waals surface area contributed by atoms with Gasteiger partial charge in [-0.3, -0.25) is 9.59 Å². The summed E-state index contributed by atoms with van der Waals surface area (Å²) in [6.45, 7) is 2.05. The lowest BCUT2D eigenvalue weighted by molar-refractivity contribution is -0.134. The number of anilines is 1. The molecule has 0 aliphatic carbocycles. The van der Waals surface area contributed by atoms with Crippen molar-refractivity contribution in [3.8, 4) is 5.75 Å². The van der Waals surface area contributed by atoms with Crippen molar-refractivity contribution in [1.82, 2.24) is 14.7 Å². The summed E-state index contributed by atoms with van der Waals surface area (Å²) < 4.78 is 11.5. The molecule has 0 N–H and O–H groups in total. The summed E-state index contributed by atoms with van der Waals surface area (Å²) in [7, 11) is 3.10. The number of carbonyl (C=O) groups is 2. The van der Waals surface area contributed by atoms with Gasteiger partial charge in [0.15, 0.2) is 12.3 Å². The van der Waals surface area contributed by atoms with E-state index in [-0.39, 0.29) is 23.8 Å². The van der Waals surface area contributed by atoms with Crippen molar-refractivity contribution in [2.45, 2.75) is 0 Å². The van der Waals surface area contributed by atoms with Gasteiger partial charge in [0.25, 0.3) is 11.5 Å². The molecule has 4 rings (SSSR count). The number of hydrogen-bond donors (Lipinski definition) is 0. The molecule has 1 saturated heterocycles. The quantitative estimate of drug-likeness (QED) is 0.559. The smallest absolute Gasteiger partial charge is 0.359 e. The average Bonchev–Trinajstić information content (AvgIpc) is 2.84. The van der Waals surface area contributed by atoms with Gasteiger partial charge in [0.2, 0.25) is 0 Å². The summed E-state index contributed by atoms with van der Waals surface area (Å²) in [5.74, 6) is -0.200. The van der Waals surface area contributed by atoms with E-state index in [4.69, 9.17) is 9.47 Å². The van der Waals surface area contributed by atoms with Crippen LogP contribution in [0, 0.1) is 0 Å². The number of aromatic nitrogens is 2. The molecule has 1 aliphatic heterocycles. The highest BCUT2D eigenvalue weighted by atomic mass is 16.5. The van der Waals surface area contributed by atoms with Crippen LogP contribution in [0.3, 0.4) is 0 Å². The Kier molecular flexibility index (Phi) is 6.07. The van der Waals surface area contributed by atoms with Crippen molar-refractivity contribution in [2.24, 2.45) is 7.05 Å². The standard InChI is InChI=1S/C23H24N4O5/c1-25-22(29)19-6-4-3-5-18(19)21(24-25)23(30)32-15-20(28)27-13-11-26(12-14-27)16-7-9-17(31-2)10-8-16/h3-10H,11-15H2,1-2H3. The number of esters is 1. The molecule has 2 heterocycles. The third-order valence-corrected chi connectivity index (χ3v) is 5.55. The Balaban J connectivity index is 1.35. The number of benzene rings is 2.